The van der Waals surface area contributed by atoms with Gasteiger partial charge in [-0.2, -0.15) is 0 Å². The number of nitrogens with zero attached hydrogens (tertiary/aromatic N) is 1. The summed E-state index contributed by atoms with van der Waals surface area (Å²) in [5.74, 6) is -1.96. The van der Waals surface area contributed by atoms with Crippen LogP contribution in [0.4, 0.5) is 0 Å². The molecule has 0 spiro atoms. The fourth-order valence-electron chi connectivity index (χ4n) is 1.68. The Balaban J connectivity index is 0.000000231. The van der Waals surface area contributed by atoms with Crippen LogP contribution in [0.2, 0.25) is 0 Å². The molecule has 8 nitrogen and oxygen atoms in total. The van der Waals surface area contributed by atoms with Gasteiger partial charge in [-0.3, -0.25) is 9.59 Å². The topological polar surface area (TPSA) is 155 Å². The summed E-state index contributed by atoms with van der Waals surface area (Å²) >= 11 is 0. The Bertz CT molecular complexity index is 601. The van der Waals surface area contributed by atoms with Crippen LogP contribution in [-0.4, -0.2) is 44.2 Å². The Hall–Kier alpha value is -2.71. The molecule has 1 heterocycles. The Labute approximate surface area is 133 Å². The second-order valence-corrected chi connectivity index (χ2v) is 4.86. The van der Waals surface area contributed by atoms with E-state index in [1.165, 1.54) is 6.33 Å². The molecule has 7 N–H and O–H groups in total. The number of nitrogens with two attached hydrogens (primary N) is 2. The number of carboxylic acids is 2. The fourth-order valence-corrected chi connectivity index (χ4v) is 1.68. The summed E-state index contributed by atoms with van der Waals surface area (Å²) in [6, 6.07) is 7.69. The summed E-state index contributed by atoms with van der Waals surface area (Å²) < 4.78 is 0. The third-order valence-electron chi connectivity index (χ3n) is 2.93. The van der Waals surface area contributed by atoms with Gasteiger partial charge in [-0.05, 0) is 12.0 Å². The van der Waals surface area contributed by atoms with Gasteiger partial charge in [-0.25, -0.2) is 4.98 Å². The number of aromatic nitrogens is 2. The van der Waals surface area contributed by atoms with Crippen LogP contribution in [-0.2, 0) is 22.4 Å². The van der Waals surface area contributed by atoms with Crippen molar-refractivity contribution in [3.05, 3.63) is 54.1 Å². The zero-order valence-corrected chi connectivity index (χ0v) is 12.4. The minimum atomic E-state index is -1.00. The van der Waals surface area contributed by atoms with E-state index >= 15 is 0 Å². The van der Waals surface area contributed by atoms with E-state index < -0.39 is 24.0 Å². The summed E-state index contributed by atoms with van der Waals surface area (Å²) in [7, 11) is 0. The number of carboxylic acid groups (broad SMARTS) is 2. The number of hydrogen-bond donors (Lipinski definition) is 5. The number of rotatable bonds is 6. The molecule has 0 fully saturated rings. The predicted octanol–water partition coefficient (Wildman–Crippen LogP) is 0.00510. The van der Waals surface area contributed by atoms with Crippen LogP contribution >= 0.6 is 0 Å². The van der Waals surface area contributed by atoms with Gasteiger partial charge >= 0.3 is 11.9 Å². The summed E-state index contributed by atoms with van der Waals surface area (Å²) in [5.41, 5.74) is 12.3. The number of aromatic amines is 1. The molecule has 0 aliphatic heterocycles. The minimum Gasteiger partial charge on any atom is -0.480 e. The molecule has 2 unspecified atom stereocenters. The molecule has 1 aromatic carbocycles. The van der Waals surface area contributed by atoms with Crippen molar-refractivity contribution in [3.8, 4) is 0 Å². The average molecular weight is 320 g/mol. The van der Waals surface area contributed by atoms with Gasteiger partial charge in [0.2, 0.25) is 0 Å². The van der Waals surface area contributed by atoms with Crippen LogP contribution in [0.1, 0.15) is 11.3 Å². The zero-order chi connectivity index (χ0) is 17.2. The summed E-state index contributed by atoms with van der Waals surface area (Å²) in [5, 5.41) is 16.9. The lowest BCUT2D eigenvalue weighted by Gasteiger charge is -2.04. The fraction of sp³-hybridized carbons (Fsp3) is 0.267. The first kappa shape index (κ1) is 18.3. The number of hydrogen-bond acceptors (Lipinski definition) is 5. The second kappa shape index (κ2) is 9.34. The first-order valence-corrected chi connectivity index (χ1v) is 6.88. The molecular weight excluding hydrogens is 300 g/mol. The first-order chi connectivity index (χ1) is 10.9. The quantitative estimate of drug-likeness (QED) is 0.501. The molecule has 0 bridgehead atoms. The summed E-state index contributed by atoms with van der Waals surface area (Å²) in [6.45, 7) is 0. The maximum absolute atomic E-state index is 10.4. The lowest BCUT2D eigenvalue weighted by atomic mass is 10.1. The number of aliphatic carboxylic acids is 2. The first-order valence-electron chi connectivity index (χ1n) is 6.88. The minimum absolute atomic E-state index is 0.287. The van der Waals surface area contributed by atoms with Crippen molar-refractivity contribution >= 4 is 11.9 Å². The highest BCUT2D eigenvalue weighted by Crippen LogP contribution is 2.01. The van der Waals surface area contributed by atoms with Gasteiger partial charge in [0.25, 0.3) is 0 Å². The van der Waals surface area contributed by atoms with Gasteiger partial charge in [0.1, 0.15) is 12.1 Å². The Morgan fingerprint density at radius 1 is 1.04 bits per heavy atom. The number of carbonyl (C=O) groups is 2. The molecule has 1 aromatic heterocycles. The molecule has 0 aliphatic carbocycles. The van der Waals surface area contributed by atoms with Crippen molar-refractivity contribution in [2.45, 2.75) is 24.9 Å². The molecule has 2 rings (SSSR count). The van der Waals surface area contributed by atoms with Gasteiger partial charge in [0, 0.05) is 18.3 Å². The van der Waals surface area contributed by atoms with Crippen LogP contribution in [0.15, 0.2) is 42.9 Å². The summed E-state index contributed by atoms with van der Waals surface area (Å²) in [6.07, 6.45) is 3.72. The highest BCUT2D eigenvalue weighted by atomic mass is 16.4. The van der Waals surface area contributed by atoms with Crippen LogP contribution in [0, 0.1) is 0 Å². The molecule has 2 atom stereocenters. The molecule has 0 saturated heterocycles. The lowest BCUT2D eigenvalue weighted by Crippen LogP contribution is -2.32. The number of H-pyrrole nitrogens is 1. The van der Waals surface area contributed by atoms with E-state index in [1.54, 1.807) is 6.20 Å². The van der Waals surface area contributed by atoms with Crippen molar-refractivity contribution in [2.24, 2.45) is 11.5 Å². The third-order valence-corrected chi connectivity index (χ3v) is 2.93. The van der Waals surface area contributed by atoms with Gasteiger partial charge < -0.3 is 26.7 Å². The molecule has 124 valence electrons. The number of imidazole rings is 1. The van der Waals surface area contributed by atoms with Crippen molar-refractivity contribution in [2.75, 3.05) is 0 Å². The maximum atomic E-state index is 10.4. The monoisotopic (exact) mass is 320 g/mol. The SMILES string of the molecule is NC(Cc1ccccc1)C(=O)O.NC(Cc1cnc[nH]1)C(=O)O. The van der Waals surface area contributed by atoms with Crippen LogP contribution in [0.25, 0.3) is 0 Å². The van der Waals surface area contributed by atoms with Gasteiger partial charge in [0.15, 0.2) is 0 Å². The highest BCUT2D eigenvalue weighted by Gasteiger charge is 2.12. The highest BCUT2D eigenvalue weighted by molar-refractivity contribution is 5.73. The molecular formula is C15H20N4O4. The average Bonchev–Trinajstić information content (AvgIpc) is 3.01. The number of nitrogens with one attached hydrogen (secondary N) is 1. The van der Waals surface area contributed by atoms with Crippen LogP contribution in [0.3, 0.4) is 0 Å². The molecule has 0 radical (unpaired) electrons. The standard InChI is InChI=1S/C9H11NO2.C6H9N3O2/c10-8(9(11)12)6-7-4-2-1-3-5-7;7-5(6(10)11)1-4-2-8-3-9-4/h1-5,8H,6,10H2,(H,11,12);2-3,5H,1,7H2,(H,8,9)(H,10,11). The Morgan fingerprint density at radius 3 is 2.09 bits per heavy atom. The van der Waals surface area contributed by atoms with Gasteiger partial charge in [-0.15, -0.1) is 0 Å². The molecule has 23 heavy (non-hydrogen) atoms. The third kappa shape index (κ3) is 7.21. The second-order valence-electron chi connectivity index (χ2n) is 4.86. The van der Waals surface area contributed by atoms with Crippen LogP contribution < -0.4 is 11.5 Å². The van der Waals surface area contributed by atoms with E-state index in [0.29, 0.717) is 6.42 Å². The van der Waals surface area contributed by atoms with E-state index in [-0.39, 0.29) is 6.42 Å². The van der Waals surface area contributed by atoms with E-state index in [1.807, 2.05) is 30.3 Å². The van der Waals surface area contributed by atoms with Crippen molar-refractivity contribution < 1.29 is 19.8 Å². The van der Waals surface area contributed by atoms with Gasteiger partial charge in [-0.1, -0.05) is 30.3 Å². The Kier molecular flexibility index (Phi) is 7.44. The van der Waals surface area contributed by atoms with Crippen molar-refractivity contribution in [1.29, 1.82) is 0 Å². The van der Waals surface area contributed by atoms with E-state index in [2.05, 4.69) is 9.97 Å². The van der Waals surface area contributed by atoms with Crippen molar-refractivity contribution in [3.63, 3.8) is 0 Å². The summed E-state index contributed by atoms with van der Waals surface area (Å²) in [4.78, 5) is 27.1. The largest absolute Gasteiger partial charge is 0.480 e. The molecule has 0 amide bonds. The molecule has 0 saturated carbocycles. The normalized spacial score (nSPS) is 12.6. The lowest BCUT2D eigenvalue weighted by molar-refractivity contribution is -0.139. The smallest absolute Gasteiger partial charge is 0.320 e. The van der Waals surface area contributed by atoms with E-state index in [4.69, 9.17) is 21.7 Å². The van der Waals surface area contributed by atoms with E-state index in [9.17, 15) is 9.59 Å². The molecule has 2 aromatic rings. The van der Waals surface area contributed by atoms with Gasteiger partial charge in [0.05, 0.1) is 6.33 Å². The Morgan fingerprint density at radius 2 is 1.61 bits per heavy atom. The zero-order valence-electron chi connectivity index (χ0n) is 12.4. The maximum Gasteiger partial charge on any atom is 0.320 e. The molecule has 0 aliphatic rings. The van der Waals surface area contributed by atoms with Crippen molar-refractivity contribution in [1.82, 2.24) is 9.97 Å². The number of benzene rings is 1. The van der Waals surface area contributed by atoms with Crippen LogP contribution in [0.5, 0.6) is 0 Å². The predicted molar refractivity (Wildman–Crippen MR) is 83.7 cm³/mol. The molecule has 8 heteroatoms. The van der Waals surface area contributed by atoms with E-state index in [0.717, 1.165) is 11.3 Å².